The monoisotopic (exact) mass is 286 g/mol. The van der Waals surface area contributed by atoms with E-state index >= 15 is 0 Å². The Hall–Kier alpha value is -3.14. The molecule has 0 aliphatic carbocycles. The van der Waals surface area contributed by atoms with Gasteiger partial charge in [0.15, 0.2) is 0 Å². The molecule has 0 atom stereocenters. The molecule has 5 rings (SSSR count). The van der Waals surface area contributed by atoms with E-state index in [-0.39, 0.29) is 11.3 Å². The van der Waals surface area contributed by atoms with Crippen molar-refractivity contribution in [3.05, 3.63) is 65.0 Å². The first-order valence-electron chi connectivity index (χ1n) is 7.02. The molecule has 0 saturated heterocycles. The lowest BCUT2D eigenvalue weighted by atomic mass is 10.0. The summed E-state index contributed by atoms with van der Waals surface area (Å²) < 4.78 is 1.63. The van der Waals surface area contributed by atoms with E-state index in [9.17, 15) is 9.90 Å². The Bertz CT molecular complexity index is 1250. The molecule has 2 aromatic heterocycles. The lowest BCUT2D eigenvalue weighted by Gasteiger charge is -2.07. The topological polar surface area (TPSA) is 54.6 Å². The van der Waals surface area contributed by atoms with Gasteiger partial charge < -0.3 is 5.11 Å². The van der Waals surface area contributed by atoms with E-state index in [0.717, 1.165) is 27.2 Å². The number of pyridine rings is 1. The summed E-state index contributed by atoms with van der Waals surface area (Å²) in [6.07, 6.45) is 0. The summed E-state index contributed by atoms with van der Waals surface area (Å²) in [5, 5.41) is 13.0. The Morgan fingerprint density at radius 1 is 0.955 bits per heavy atom. The average molecular weight is 286 g/mol. The van der Waals surface area contributed by atoms with Crippen molar-refractivity contribution in [3.63, 3.8) is 0 Å². The molecule has 4 heteroatoms. The van der Waals surface area contributed by atoms with Crippen molar-refractivity contribution in [2.24, 2.45) is 0 Å². The molecule has 0 fully saturated rings. The largest absolute Gasteiger partial charge is 0.508 e. The van der Waals surface area contributed by atoms with Gasteiger partial charge in [0, 0.05) is 10.8 Å². The van der Waals surface area contributed by atoms with Crippen molar-refractivity contribution in [2.45, 2.75) is 0 Å². The fraction of sp³-hybridized carbons (Fsp3) is 0. The molecule has 0 aliphatic heterocycles. The number of fused-ring (bicyclic) bond motifs is 4. The lowest BCUT2D eigenvalue weighted by molar-refractivity contribution is 0.477. The van der Waals surface area contributed by atoms with Crippen LogP contribution >= 0.6 is 0 Å². The van der Waals surface area contributed by atoms with Crippen LogP contribution in [0.5, 0.6) is 5.75 Å². The van der Waals surface area contributed by atoms with Crippen molar-refractivity contribution in [1.29, 1.82) is 0 Å². The summed E-state index contributed by atoms with van der Waals surface area (Å²) in [6, 6.07) is 16.6. The third-order valence-corrected chi connectivity index (χ3v) is 4.20. The fourth-order valence-corrected chi connectivity index (χ4v) is 3.30. The second-order valence-electron chi connectivity index (χ2n) is 5.46. The van der Waals surface area contributed by atoms with Gasteiger partial charge in [0.2, 0.25) is 0 Å². The molecule has 0 saturated carbocycles. The van der Waals surface area contributed by atoms with Crippen LogP contribution in [0, 0.1) is 0 Å². The van der Waals surface area contributed by atoms with E-state index in [0.29, 0.717) is 11.0 Å². The molecule has 0 unspecified atom stereocenters. The van der Waals surface area contributed by atoms with Crippen LogP contribution in [0.1, 0.15) is 0 Å². The molecule has 1 N–H and O–H groups in total. The second-order valence-corrected chi connectivity index (χ2v) is 5.46. The number of hydrogen-bond donors (Lipinski definition) is 1. The van der Waals surface area contributed by atoms with Crippen LogP contribution in [-0.2, 0) is 0 Å². The summed E-state index contributed by atoms with van der Waals surface area (Å²) in [6.45, 7) is 0. The van der Waals surface area contributed by atoms with Crippen LogP contribution in [-0.4, -0.2) is 14.5 Å². The zero-order valence-electron chi connectivity index (χ0n) is 11.4. The SMILES string of the molecule is O=c1c2cc(O)cc3cccc(c32)c2nc3ccccc3n12. The minimum absolute atomic E-state index is 0.0980. The number of phenols is 1. The number of aromatic hydroxyl groups is 1. The summed E-state index contributed by atoms with van der Waals surface area (Å²) in [4.78, 5) is 17.6. The maximum atomic E-state index is 12.9. The van der Waals surface area contributed by atoms with Gasteiger partial charge in [-0.25, -0.2) is 4.98 Å². The zero-order chi connectivity index (χ0) is 14.8. The van der Waals surface area contributed by atoms with Crippen molar-refractivity contribution in [2.75, 3.05) is 0 Å². The third-order valence-electron chi connectivity index (χ3n) is 4.20. The first-order valence-corrected chi connectivity index (χ1v) is 7.02. The Morgan fingerprint density at radius 2 is 1.82 bits per heavy atom. The number of rotatable bonds is 0. The number of imidazole rings is 1. The molecule has 0 bridgehead atoms. The van der Waals surface area contributed by atoms with Gasteiger partial charge in [-0.3, -0.25) is 9.20 Å². The molecule has 0 radical (unpaired) electrons. The average Bonchev–Trinajstić information content (AvgIpc) is 2.91. The van der Waals surface area contributed by atoms with E-state index < -0.39 is 0 Å². The van der Waals surface area contributed by atoms with E-state index in [1.165, 1.54) is 6.07 Å². The summed E-state index contributed by atoms with van der Waals surface area (Å²) in [7, 11) is 0. The fourth-order valence-electron chi connectivity index (χ4n) is 3.30. The van der Waals surface area contributed by atoms with E-state index in [2.05, 4.69) is 4.98 Å². The predicted molar refractivity (Wildman–Crippen MR) is 86.8 cm³/mol. The maximum absolute atomic E-state index is 12.9. The van der Waals surface area contributed by atoms with Crippen molar-refractivity contribution >= 4 is 38.2 Å². The molecule has 22 heavy (non-hydrogen) atoms. The van der Waals surface area contributed by atoms with Gasteiger partial charge in [-0.15, -0.1) is 0 Å². The summed E-state index contributed by atoms with van der Waals surface area (Å²) >= 11 is 0. The van der Waals surface area contributed by atoms with Crippen LogP contribution in [0.2, 0.25) is 0 Å². The number of para-hydroxylation sites is 2. The number of benzene rings is 3. The molecule has 104 valence electrons. The Morgan fingerprint density at radius 3 is 2.73 bits per heavy atom. The second kappa shape index (κ2) is 3.74. The highest BCUT2D eigenvalue weighted by atomic mass is 16.3. The summed E-state index contributed by atoms with van der Waals surface area (Å²) in [5.74, 6) is 0.0980. The highest BCUT2D eigenvalue weighted by Crippen LogP contribution is 2.31. The third kappa shape index (κ3) is 1.27. The predicted octanol–water partition coefficient (Wildman–Crippen LogP) is 3.30. The first kappa shape index (κ1) is 11.5. The number of phenolic OH excluding ortho intramolecular Hbond substituents is 1. The molecule has 2 heterocycles. The van der Waals surface area contributed by atoms with Crippen molar-refractivity contribution < 1.29 is 5.11 Å². The van der Waals surface area contributed by atoms with Crippen molar-refractivity contribution in [3.8, 4) is 5.75 Å². The van der Waals surface area contributed by atoms with Gasteiger partial charge in [-0.1, -0.05) is 30.3 Å². The van der Waals surface area contributed by atoms with Crippen LogP contribution < -0.4 is 5.56 Å². The Kier molecular flexibility index (Phi) is 1.96. The smallest absolute Gasteiger partial charge is 0.264 e. The van der Waals surface area contributed by atoms with Gasteiger partial charge in [0.1, 0.15) is 11.4 Å². The normalized spacial score (nSPS) is 12.0. The molecular weight excluding hydrogens is 276 g/mol. The first-order chi connectivity index (χ1) is 10.7. The molecule has 0 amide bonds. The van der Waals surface area contributed by atoms with Gasteiger partial charge in [-0.05, 0) is 29.7 Å². The molecule has 0 aliphatic rings. The molecule has 3 aromatic carbocycles. The summed E-state index contributed by atoms with van der Waals surface area (Å²) in [5.41, 5.74) is 2.09. The zero-order valence-corrected chi connectivity index (χ0v) is 11.4. The highest BCUT2D eigenvalue weighted by Gasteiger charge is 2.16. The van der Waals surface area contributed by atoms with Crippen LogP contribution in [0.25, 0.3) is 38.2 Å². The van der Waals surface area contributed by atoms with Crippen LogP contribution in [0.4, 0.5) is 0 Å². The Labute approximate surface area is 124 Å². The van der Waals surface area contributed by atoms with Gasteiger partial charge >= 0.3 is 0 Å². The number of aromatic nitrogens is 2. The number of nitrogens with zero attached hydrogens (tertiary/aromatic N) is 2. The maximum Gasteiger partial charge on any atom is 0.264 e. The quantitative estimate of drug-likeness (QED) is 0.475. The van der Waals surface area contributed by atoms with Gasteiger partial charge in [0.05, 0.1) is 16.4 Å². The number of hydrogen-bond acceptors (Lipinski definition) is 3. The molecule has 5 aromatic rings. The van der Waals surface area contributed by atoms with Crippen LogP contribution in [0.3, 0.4) is 0 Å². The van der Waals surface area contributed by atoms with E-state index in [1.54, 1.807) is 10.5 Å². The minimum Gasteiger partial charge on any atom is -0.508 e. The molecular formula is C18H10N2O2. The lowest BCUT2D eigenvalue weighted by Crippen LogP contribution is -2.13. The van der Waals surface area contributed by atoms with Gasteiger partial charge in [0.25, 0.3) is 5.56 Å². The molecule has 4 nitrogen and oxygen atoms in total. The van der Waals surface area contributed by atoms with Crippen molar-refractivity contribution in [1.82, 2.24) is 9.38 Å². The van der Waals surface area contributed by atoms with E-state index in [1.807, 2.05) is 42.5 Å². The van der Waals surface area contributed by atoms with E-state index in [4.69, 9.17) is 0 Å². The standard InChI is InChI=1S/C18H10N2O2/c21-11-8-10-4-3-5-12-16(10)13(9-11)18(22)20-15-7-2-1-6-14(15)19-17(12)20/h1-9,21H. The molecule has 0 spiro atoms. The minimum atomic E-state index is -0.150. The van der Waals surface area contributed by atoms with Gasteiger partial charge in [-0.2, -0.15) is 0 Å². The van der Waals surface area contributed by atoms with Crippen LogP contribution in [0.15, 0.2) is 59.4 Å². The highest BCUT2D eigenvalue weighted by molar-refractivity contribution is 6.15. The Balaban J connectivity index is 2.25.